The SMILES string of the molecule is CC1(C)CC(NCc2cccnc2)=CC(=C(C#N)C#N)C1. The van der Waals surface area contributed by atoms with Crippen molar-refractivity contribution in [1.82, 2.24) is 10.3 Å². The van der Waals surface area contributed by atoms with Gasteiger partial charge in [-0.3, -0.25) is 4.98 Å². The summed E-state index contributed by atoms with van der Waals surface area (Å²) < 4.78 is 0. The molecule has 1 N–H and O–H groups in total. The third-order valence-corrected chi connectivity index (χ3v) is 3.47. The third-order valence-electron chi connectivity index (χ3n) is 3.47. The number of nitrogens with zero attached hydrogens (tertiary/aromatic N) is 3. The maximum atomic E-state index is 9.05. The molecule has 0 aromatic carbocycles. The molecule has 0 spiro atoms. The maximum Gasteiger partial charge on any atom is 0.132 e. The minimum atomic E-state index is 0.0420. The van der Waals surface area contributed by atoms with E-state index in [-0.39, 0.29) is 11.0 Å². The van der Waals surface area contributed by atoms with Gasteiger partial charge in [-0.15, -0.1) is 0 Å². The highest BCUT2D eigenvalue weighted by Gasteiger charge is 2.27. The van der Waals surface area contributed by atoms with E-state index in [4.69, 9.17) is 10.5 Å². The van der Waals surface area contributed by atoms with Gasteiger partial charge in [0.25, 0.3) is 0 Å². The molecule has 0 bridgehead atoms. The van der Waals surface area contributed by atoms with Crippen LogP contribution in [0, 0.1) is 28.1 Å². The van der Waals surface area contributed by atoms with Crippen molar-refractivity contribution < 1.29 is 0 Å². The van der Waals surface area contributed by atoms with Crippen molar-refractivity contribution in [2.24, 2.45) is 5.41 Å². The second kappa shape index (κ2) is 6.24. The lowest BCUT2D eigenvalue weighted by atomic mass is 9.76. The van der Waals surface area contributed by atoms with Gasteiger partial charge in [0.15, 0.2) is 0 Å². The Morgan fingerprint density at radius 1 is 1.33 bits per heavy atom. The van der Waals surface area contributed by atoms with Crippen molar-refractivity contribution in [3.05, 3.63) is 53.0 Å². The van der Waals surface area contributed by atoms with Crippen LogP contribution in [-0.4, -0.2) is 4.98 Å². The van der Waals surface area contributed by atoms with Crippen molar-refractivity contribution in [2.75, 3.05) is 0 Å². The summed E-state index contributed by atoms with van der Waals surface area (Å²) in [7, 11) is 0. The maximum absolute atomic E-state index is 9.05. The summed E-state index contributed by atoms with van der Waals surface area (Å²) in [6.07, 6.45) is 7.18. The molecule has 0 fully saturated rings. The normalized spacial score (nSPS) is 16.4. The highest BCUT2D eigenvalue weighted by atomic mass is 14.9. The van der Waals surface area contributed by atoms with Crippen LogP contribution in [-0.2, 0) is 6.54 Å². The van der Waals surface area contributed by atoms with Crippen molar-refractivity contribution in [3.63, 3.8) is 0 Å². The lowest BCUT2D eigenvalue weighted by molar-refractivity contribution is 0.341. The van der Waals surface area contributed by atoms with Crippen LogP contribution in [0.3, 0.4) is 0 Å². The first-order valence-corrected chi connectivity index (χ1v) is 6.91. The minimum Gasteiger partial charge on any atom is -0.384 e. The van der Waals surface area contributed by atoms with Gasteiger partial charge < -0.3 is 5.32 Å². The molecule has 1 heterocycles. The molecule has 1 aliphatic rings. The minimum absolute atomic E-state index is 0.0420. The molecule has 0 saturated carbocycles. The number of aromatic nitrogens is 1. The van der Waals surface area contributed by atoms with Crippen LogP contribution < -0.4 is 5.32 Å². The molecule has 0 aliphatic heterocycles. The zero-order valence-electron chi connectivity index (χ0n) is 12.3. The van der Waals surface area contributed by atoms with Crippen LogP contribution in [0.25, 0.3) is 0 Å². The van der Waals surface area contributed by atoms with Gasteiger partial charge in [-0.1, -0.05) is 19.9 Å². The van der Waals surface area contributed by atoms with Crippen LogP contribution in [0.2, 0.25) is 0 Å². The van der Waals surface area contributed by atoms with Gasteiger partial charge in [-0.05, 0) is 41.5 Å². The van der Waals surface area contributed by atoms with Crippen LogP contribution in [0.4, 0.5) is 0 Å². The quantitative estimate of drug-likeness (QED) is 0.862. The first kappa shape index (κ1) is 14.8. The fourth-order valence-corrected chi connectivity index (χ4v) is 2.57. The number of allylic oxidation sites excluding steroid dienone is 4. The summed E-state index contributed by atoms with van der Waals surface area (Å²) in [6, 6.07) is 7.90. The summed E-state index contributed by atoms with van der Waals surface area (Å²) >= 11 is 0. The molecular formula is C17H18N4. The zero-order valence-corrected chi connectivity index (χ0v) is 12.3. The van der Waals surface area contributed by atoms with E-state index in [2.05, 4.69) is 24.1 Å². The molecule has 0 radical (unpaired) electrons. The van der Waals surface area contributed by atoms with Gasteiger partial charge in [0.2, 0.25) is 0 Å². The predicted octanol–water partition coefficient (Wildman–Crippen LogP) is 3.22. The Hall–Kier alpha value is -2.59. The number of nitrogens with one attached hydrogen (secondary N) is 1. The molecular weight excluding hydrogens is 260 g/mol. The number of rotatable bonds is 3. The zero-order chi connectivity index (χ0) is 15.3. The van der Waals surface area contributed by atoms with Crippen molar-refractivity contribution in [3.8, 4) is 12.1 Å². The summed E-state index contributed by atoms with van der Waals surface area (Å²) in [4.78, 5) is 4.09. The van der Waals surface area contributed by atoms with Crippen LogP contribution in [0.5, 0.6) is 0 Å². The standard InChI is InChI=1S/C17H18N4/c1-17(2)7-14(15(9-18)10-19)6-16(8-17)21-12-13-4-3-5-20-11-13/h3-6,11,21H,7-8,12H2,1-2H3. The van der Waals surface area contributed by atoms with Crippen molar-refractivity contribution >= 4 is 0 Å². The summed E-state index contributed by atoms with van der Waals surface area (Å²) in [5, 5.41) is 21.5. The third kappa shape index (κ3) is 3.94. The summed E-state index contributed by atoms with van der Waals surface area (Å²) in [6.45, 7) is 4.99. The predicted molar refractivity (Wildman–Crippen MR) is 80.4 cm³/mol. The first-order chi connectivity index (χ1) is 10.0. The highest BCUT2D eigenvalue weighted by Crippen LogP contribution is 2.38. The molecule has 1 aromatic heterocycles. The molecule has 0 unspecified atom stereocenters. The Kier molecular flexibility index (Phi) is 4.40. The van der Waals surface area contributed by atoms with Gasteiger partial charge in [0.05, 0.1) is 0 Å². The van der Waals surface area contributed by atoms with Gasteiger partial charge in [-0.25, -0.2) is 0 Å². The molecule has 4 heteroatoms. The fraction of sp³-hybridized carbons (Fsp3) is 0.353. The molecule has 4 nitrogen and oxygen atoms in total. The molecule has 106 valence electrons. The monoisotopic (exact) mass is 278 g/mol. The van der Waals surface area contributed by atoms with E-state index in [1.54, 1.807) is 6.20 Å². The second-order valence-electron chi connectivity index (χ2n) is 6.03. The number of hydrogen-bond donors (Lipinski definition) is 1. The van der Waals surface area contributed by atoms with E-state index >= 15 is 0 Å². The Morgan fingerprint density at radius 3 is 2.71 bits per heavy atom. The average Bonchev–Trinajstić information content (AvgIpc) is 2.46. The van der Waals surface area contributed by atoms with E-state index in [9.17, 15) is 0 Å². The Bertz CT molecular complexity index is 638. The molecule has 1 aromatic rings. The van der Waals surface area contributed by atoms with E-state index in [0.717, 1.165) is 29.7 Å². The largest absolute Gasteiger partial charge is 0.384 e. The van der Waals surface area contributed by atoms with E-state index in [1.165, 1.54) is 0 Å². The van der Waals surface area contributed by atoms with Gasteiger partial charge in [0, 0.05) is 24.6 Å². The van der Waals surface area contributed by atoms with Crippen molar-refractivity contribution in [2.45, 2.75) is 33.2 Å². The van der Waals surface area contributed by atoms with Crippen LogP contribution in [0.1, 0.15) is 32.3 Å². The molecule has 0 saturated heterocycles. The van der Waals surface area contributed by atoms with E-state index in [0.29, 0.717) is 6.54 Å². The van der Waals surface area contributed by atoms with E-state index in [1.807, 2.05) is 36.5 Å². The van der Waals surface area contributed by atoms with Crippen LogP contribution in [0.15, 0.2) is 47.4 Å². The Labute approximate surface area is 125 Å². The molecule has 0 atom stereocenters. The number of pyridine rings is 1. The Morgan fingerprint density at radius 2 is 2.10 bits per heavy atom. The highest BCUT2D eigenvalue weighted by molar-refractivity contribution is 5.47. The lowest BCUT2D eigenvalue weighted by Crippen LogP contribution is -2.25. The topological polar surface area (TPSA) is 72.5 Å². The van der Waals surface area contributed by atoms with Gasteiger partial charge in [-0.2, -0.15) is 10.5 Å². The number of nitriles is 2. The smallest absolute Gasteiger partial charge is 0.132 e. The van der Waals surface area contributed by atoms with Gasteiger partial charge >= 0.3 is 0 Å². The van der Waals surface area contributed by atoms with Crippen molar-refractivity contribution in [1.29, 1.82) is 10.5 Å². The molecule has 1 aliphatic carbocycles. The summed E-state index contributed by atoms with van der Waals surface area (Å²) in [5.74, 6) is 0. The van der Waals surface area contributed by atoms with E-state index < -0.39 is 0 Å². The fourth-order valence-electron chi connectivity index (χ4n) is 2.57. The molecule has 0 amide bonds. The number of hydrogen-bond acceptors (Lipinski definition) is 4. The molecule has 2 rings (SSSR count). The summed E-state index contributed by atoms with van der Waals surface area (Å²) in [5.41, 5.74) is 3.25. The molecule has 21 heavy (non-hydrogen) atoms. The van der Waals surface area contributed by atoms with Gasteiger partial charge in [0.1, 0.15) is 17.7 Å². The first-order valence-electron chi connectivity index (χ1n) is 6.91. The average molecular weight is 278 g/mol. The Balaban J connectivity index is 2.20. The second-order valence-corrected chi connectivity index (χ2v) is 6.03. The van der Waals surface area contributed by atoms with Crippen LogP contribution >= 0.6 is 0 Å². The lowest BCUT2D eigenvalue weighted by Gasteiger charge is -2.31.